The molecule has 2 aliphatic heterocycles. The van der Waals surface area contributed by atoms with Gasteiger partial charge in [0.2, 0.25) is 5.79 Å². The predicted molar refractivity (Wildman–Crippen MR) is 154 cm³/mol. The van der Waals surface area contributed by atoms with Gasteiger partial charge in [-0.25, -0.2) is 0 Å². The Hall–Kier alpha value is -3.35. The van der Waals surface area contributed by atoms with Crippen molar-refractivity contribution in [2.24, 2.45) is 17.3 Å². The average molecular weight is 545 g/mol. The molecular formula is C34H40O6. The first-order valence-corrected chi connectivity index (χ1v) is 14.2. The van der Waals surface area contributed by atoms with Gasteiger partial charge in [-0.3, -0.25) is 4.79 Å². The fourth-order valence-electron chi connectivity index (χ4n) is 6.68. The Morgan fingerprint density at radius 3 is 2.35 bits per heavy atom. The summed E-state index contributed by atoms with van der Waals surface area (Å²) in [5, 5.41) is 29.8. The van der Waals surface area contributed by atoms with E-state index in [1.54, 1.807) is 24.3 Å². The summed E-state index contributed by atoms with van der Waals surface area (Å²) in [6.45, 7) is 8.32. The Kier molecular flexibility index (Phi) is 7.68. The molecule has 2 aromatic rings. The van der Waals surface area contributed by atoms with E-state index >= 15 is 0 Å². The average Bonchev–Trinajstić information content (AvgIpc) is 2.88. The van der Waals surface area contributed by atoms with Crippen LogP contribution in [0.4, 0.5) is 0 Å². The number of carbonyl (C=O) groups excluding carboxylic acids is 1. The number of hydrogen-bond donors (Lipinski definition) is 3. The molecule has 0 bridgehead atoms. The van der Waals surface area contributed by atoms with Crippen LogP contribution in [0, 0.1) is 17.3 Å². The number of phenols is 2. The van der Waals surface area contributed by atoms with Gasteiger partial charge in [-0.15, -0.1) is 0 Å². The number of allylic oxidation sites excluding steroid dienone is 2. The number of ether oxygens (including phenoxy) is 2. The smallest absolute Gasteiger partial charge is 0.212 e. The minimum absolute atomic E-state index is 0.0246. The first kappa shape index (κ1) is 28.2. The molecule has 212 valence electrons. The number of aryl methyl sites for hydroxylation is 1. The molecule has 5 atom stereocenters. The van der Waals surface area contributed by atoms with Crippen molar-refractivity contribution in [3.05, 3.63) is 88.7 Å². The molecule has 6 nitrogen and oxygen atoms in total. The number of fused-ring (bicyclic) bond motifs is 1. The fraction of sp³-hybridized carbons (Fsp3) is 0.441. The topological polar surface area (TPSA) is 96.2 Å². The van der Waals surface area contributed by atoms with E-state index in [1.165, 1.54) is 0 Å². The summed E-state index contributed by atoms with van der Waals surface area (Å²) in [5.74, 6) is 0.521. The number of carbonyl (C=O) groups is 1. The molecule has 0 unspecified atom stereocenters. The standard InChI is InChI=1S/C34H40O6/c1-21-17-31-27(18-29(21)38)22(2)19-34(40-31)20-33(3,4)32(28(37)15-9-23-5-11-25(35)12-6-23)30(39-34)16-10-24-7-13-26(36)14-8-24/h5-8,10-14,16-17,22,27,29,31,35-36,38H,9,15,18-20H2,1-4H3/b16-10+/t22-,27+,29-,31+,34-/m0/s1. The number of aliphatic hydroxyl groups excluding tert-OH is 1. The molecule has 0 aromatic heterocycles. The van der Waals surface area contributed by atoms with Gasteiger partial charge in [0.1, 0.15) is 17.3 Å². The SMILES string of the molecule is CC1=C[C@H]2O[C@@]3(C[C@H](C)[C@H]2C[C@@H]1O)CC(C)(C)C(C(=O)CCc1ccc(O)cc1)=C(/C=C/c1ccc(O)cc1)O3. The molecule has 5 rings (SSSR count). The maximum Gasteiger partial charge on any atom is 0.212 e. The Morgan fingerprint density at radius 1 is 1.02 bits per heavy atom. The van der Waals surface area contributed by atoms with Crippen molar-refractivity contribution in [3.8, 4) is 11.5 Å². The molecule has 3 N–H and O–H groups in total. The van der Waals surface area contributed by atoms with Gasteiger partial charge in [-0.1, -0.05) is 57.2 Å². The number of aromatic hydroxyl groups is 2. The summed E-state index contributed by atoms with van der Waals surface area (Å²) in [7, 11) is 0. The van der Waals surface area contributed by atoms with Crippen LogP contribution in [0.3, 0.4) is 0 Å². The zero-order chi connectivity index (χ0) is 28.7. The molecule has 2 aromatic carbocycles. The third-order valence-electron chi connectivity index (χ3n) is 8.69. The number of rotatable bonds is 6. The highest BCUT2D eigenvalue weighted by Gasteiger charge is 2.54. The summed E-state index contributed by atoms with van der Waals surface area (Å²) in [5.41, 5.74) is 2.92. The van der Waals surface area contributed by atoms with Crippen LogP contribution in [0.1, 0.15) is 64.5 Å². The second-order valence-corrected chi connectivity index (χ2v) is 12.4. The summed E-state index contributed by atoms with van der Waals surface area (Å²) >= 11 is 0. The van der Waals surface area contributed by atoms with Crippen LogP contribution in [0.25, 0.3) is 6.08 Å². The van der Waals surface area contributed by atoms with Gasteiger partial charge in [0.15, 0.2) is 5.78 Å². The van der Waals surface area contributed by atoms with Gasteiger partial charge >= 0.3 is 0 Å². The highest BCUT2D eigenvalue weighted by molar-refractivity contribution is 5.98. The molecular weight excluding hydrogens is 504 g/mol. The Morgan fingerprint density at radius 2 is 1.68 bits per heavy atom. The Balaban J connectivity index is 1.49. The van der Waals surface area contributed by atoms with E-state index in [0.29, 0.717) is 43.4 Å². The molecule has 1 spiro atoms. The van der Waals surface area contributed by atoms with E-state index in [-0.39, 0.29) is 35.2 Å². The lowest BCUT2D eigenvalue weighted by molar-refractivity contribution is -0.296. The number of aliphatic hydroxyl groups is 1. The van der Waals surface area contributed by atoms with Crippen molar-refractivity contribution in [1.82, 2.24) is 0 Å². The zero-order valence-corrected chi connectivity index (χ0v) is 23.8. The number of benzene rings is 2. The summed E-state index contributed by atoms with van der Waals surface area (Å²) < 4.78 is 13.5. The largest absolute Gasteiger partial charge is 0.508 e. The van der Waals surface area contributed by atoms with Crippen LogP contribution in [0.5, 0.6) is 11.5 Å². The minimum Gasteiger partial charge on any atom is -0.508 e. The van der Waals surface area contributed by atoms with E-state index in [9.17, 15) is 20.1 Å². The third-order valence-corrected chi connectivity index (χ3v) is 8.69. The van der Waals surface area contributed by atoms with Crippen molar-refractivity contribution in [2.75, 3.05) is 0 Å². The van der Waals surface area contributed by atoms with Crippen molar-refractivity contribution in [1.29, 1.82) is 0 Å². The van der Waals surface area contributed by atoms with Crippen molar-refractivity contribution >= 4 is 11.9 Å². The highest BCUT2D eigenvalue weighted by Crippen LogP contribution is 2.53. The molecule has 0 saturated carbocycles. The van der Waals surface area contributed by atoms with Gasteiger partial charge in [0.25, 0.3) is 0 Å². The van der Waals surface area contributed by atoms with Gasteiger partial charge in [-0.2, -0.15) is 0 Å². The van der Waals surface area contributed by atoms with E-state index < -0.39 is 17.3 Å². The maximum atomic E-state index is 13.8. The first-order chi connectivity index (χ1) is 18.9. The van der Waals surface area contributed by atoms with Gasteiger partial charge in [0, 0.05) is 30.3 Å². The molecule has 6 heteroatoms. The lowest BCUT2D eigenvalue weighted by Crippen LogP contribution is -2.55. The summed E-state index contributed by atoms with van der Waals surface area (Å²) in [4.78, 5) is 13.8. The Labute approximate surface area is 236 Å². The van der Waals surface area contributed by atoms with Crippen LogP contribution in [0.2, 0.25) is 0 Å². The van der Waals surface area contributed by atoms with Crippen LogP contribution >= 0.6 is 0 Å². The molecule has 3 aliphatic rings. The van der Waals surface area contributed by atoms with Gasteiger partial charge in [-0.05, 0) is 78.6 Å². The lowest BCUT2D eigenvalue weighted by Gasteiger charge is -2.53. The van der Waals surface area contributed by atoms with Crippen LogP contribution in [-0.2, 0) is 20.7 Å². The van der Waals surface area contributed by atoms with E-state index in [2.05, 4.69) is 20.8 Å². The molecule has 1 saturated heterocycles. The number of Topliss-reactive ketones (excluding diaryl/α,β-unsaturated/α-hetero) is 1. The first-order valence-electron chi connectivity index (χ1n) is 14.2. The van der Waals surface area contributed by atoms with Crippen LogP contribution in [0.15, 0.2) is 77.6 Å². The van der Waals surface area contributed by atoms with Crippen molar-refractivity contribution in [3.63, 3.8) is 0 Å². The molecule has 1 aliphatic carbocycles. The highest BCUT2D eigenvalue weighted by atomic mass is 16.7. The van der Waals surface area contributed by atoms with E-state index in [1.807, 2.05) is 49.4 Å². The van der Waals surface area contributed by atoms with E-state index in [4.69, 9.17) is 9.47 Å². The lowest BCUT2D eigenvalue weighted by atomic mass is 9.68. The molecule has 0 radical (unpaired) electrons. The minimum atomic E-state index is -0.890. The molecule has 1 fully saturated rings. The number of ketones is 1. The molecule has 0 amide bonds. The van der Waals surface area contributed by atoms with Crippen molar-refractivity contribution in [2.45, 2.75) is 77.8 Å². The number of hydrogen-bond acceptors (Lipinski definition) is 6. The van der Waals surface area contributed by atoms with Crippen LogP contribution in [-0.4, -0.2) is 39.1 Å². The Bertz CT molecular complexity index is 1330. The number of phenolic OH excluding ortho intramolecular Hbond substituents is 2. The van der Waals surface area contributed by atoms with E-state index in [0.717, 1.165) is 16.7 Å². The predicted octanol–water partition coefficient (Wildman–Crippen LogP) is 6.46. The normalized spacial score (nSPS) is 29.7. The molecule has 40 heavy (non-hydrogen) atoms. The second kappa shape index (κ2) is 10.9. The fourth-order valence-corrected chi connectivity index (χ4v) is 6.68. The monoisotopic (exact) mass is 544 g/mol. The quantitative estimate of drug-likeness (QED) is 0.361. The molecule has 2 heterocycles. The third kappa shape index (κ3) is 5.89. The maximum absolute atomic E-state index is 13.8. The van der Waals surface area contributed by atoms with Gasteiger partial charge in [0.05, 0.1) is 12.2 Å². The summed E-state index contributed by atoms with van der Waals surface area (Å²) in [6, 6.07) is 13.8. The zero-order valence-electron chi connectivity index (χ0n) is 23.8. The van der Waals surface area contributed by atoms with Crippen molar-refractivity contribution < 1.29 is 29.6 Å². The summed E-state index contributed by atoms with van der Waals surface area (Å²) in [6.07, 6.45) is 7.97. The second-order valence-electron chi connectivity index (χ2n) is 12.4. The van der Waals surface area contributed by atoms with Gasteiger partial charge < -0.3 is 24.8 Å². The van der Waals surface area contributed by atoms with Crippen LogP contribution < -0.4 is 0 Å².